The van der Waals surface area contributed by atoms with E-state index in [1.165, 1.54) is 0 Å². The number of urea groups is 1. The number of ether oxygens (including phenoxy) is 1. The van der Waals surface area contributed by atoms with Gasteiger partial charge >= 0.3 is 12.1 Å². The third kappa shape index (κ3) is 7.40. The van der Waals surface area contributed by atoms with Crippen molar-refractivity contribution < 1.29 is 23.6 Å². The molecule has 0 bridgehead atoms. The number of aromatic nitrogens is 1. The van der Waals surface area contributed by atoms with E-state index >= 15 is 0 Å². The summed E-state index contributed by atoms with van der Waals surface area (Å²) < 4.78 is 10.7. The van der Waals surface area contributed by atoms with E-state index in [2.05, 4.69) is 21.1 Å². The van der Waals surface area contributed by atoms with E-state index in [1.54, 1.807) is 43.9 Å². The van der Waals surface area contributed by atoms with E-state index in [9.17, 15) is 14.4 Å². The second-order valence-electron chi connectivity index (χ2n) is 11.9. The fourth-order valence-corrected chi connectivity index (χ4v) is 4.36. The molecule has 40 heavy (non-hydrogen) atoms. The number of rotatable bonds is 5. The number of fused-ring (bicyclic) bond motifs is 1. The molecule has 4 rings (SSSR count). The van der Waals surface area contributed by atoms with Gasteiger partial charge < -0.3 is 19.5 Å². The van der Waals surface area contributed by atoms with Crippen LogP contribution >= 0.6 is 0 Å². The molecule has 2 heterocycles. The number of amides is 4. The third-order valence-electron chi connectivity index (χ3n) is 6.26. The number of para-hydroxylation sites is 1. The smallest absolute Gasteiger partial charge is 0.412 e. The number of benzene rings is 2. The van der Waals surface area contributed by atoms with Crippen molar-refractivity contribution in [1.82, 2.24) is 10.5 Å². The Kier molecular flexibility index (Phi) is 8.18. The van der Waals surface area contributed by atoms with Crippen LogP contribution in [0.1, 0.15) is 64.9 Å². The van der Waals surface area contributed by atoms with Crippen molar-refractivity contribution in [1.29, 1.82) is 0 Å². The van der Waals surface area contributed by atoms with Crippen LogP contribution in [0.25, 0.3) is 0 Å². The highest BCUT2D eigenvalue weighted by molar-refractivity contribution is 6.01. The van der Waals surface area contributed by atoms with Crippen molar-refractivity contribution >= 4 is 35.2 Å². The van der Waals surface area contributed by atoms with Gasteiger partial charge in [0.15, 0.2) is 5.82 Å². The molecule has 0 spiro atoms. The molecule has 0 radical (unpaired) electrons. The van der Waals surface area contributed by atoms with Crippen molar-refractivity contribution in [2.24, 2.45) is 0 Å². The van der Waals surface area contributed by atoms with Crippen molar-refractivity contribution in [2.45, 2.75) is 78.0 Å². The Bertz CT molecular complexity index is 1390. The zero-order valence-corrected chi connectivity index (χ0v) is 23.8. The predicted molar refractivity (Wildman–Crippen MR) is 153 cm³/mol. The lowest BCUT2D eigenvalue weighted by molar-refractivity contribution is -0.120. The molecule has 2 aromatic carbocycles. The first-order valence-corrected chi connectivity index (χ1v) is 13.3. The van der Waals surface area contributed by atoms with Gasteiger partial charge in [-0.15, -0.1) is 0 Å². The monoisotopic (exact) mass is 547 g/mol. The second kappa shape index (κ2) is 11.4. The maximum absolute atomic E-state index is 13.8. The summed E-state index contributed by atoms with van der Waals surface area (Å²) in [7, 11) is 0. The first-order chi connectivity index (χ1) is 18.8. The highest BCUT2D eigenvalue weighted by Gasteiger charge is 2.32. The van der Waals surface area contributed by atoms with Crippen LogP contribution in [0, 0.1) is 0 Å². The molecule has 0 aliphatic carbocycles. The van der Waals surface area contributed by atoms with Crippen LogP contribution in [0.2, 0.25) is 0 Å². The van der Waals surface area contributed by atoms with Gasteiger partial charge in [-0.05, 0) is 62.9 Å². The van der Waals surface area contributed by atoms with E-state index < -0.39 is 23.8 Å². The number of nitrogens with zero attached hydrogens (tertiary/aromatic N) is 2. The number of carbonyl (C=O) groups is 3. The molecular formula is C30H37N5O5. The van der Waals surface area contributed by atoms with Gasteiger partial charge in [0.25, 0.3) is 0 Å². The maximum Gasteiger partial charge on any atom is 0.412 e. The summed E-state index contributed by atoms with van der Waals surface area (Å²) in [5, 5.41) is 12.2. The van der Waals surface area contributed by atoms with Crippen LogP contribution in [0.3, 0.4) is 0 Å². The fraction of sp³-hybridized carbons (Fsp3) is 0.400. The van der Waals surface area contributed by atoms with Crippen LogP contribution in [0.5, 0.6) is 0 Å². The van der Waals surface area contributed by atoms with E-state index in [0.29, 0.717) is 24.3 Å². The molecule has 3 N–H and O–H groups in total. The lowest BCUT2D eigenvalue weighted by Gasteiger charge is -2.26. The largest absolute Gasteiger partial charge is 0.444 e. The topological polar surface area (TPSA) is 126 Å². The zero-order chi connectivity index (χ0) is 29.1. The Balaban J connectivity index is 1.50. The van der Waals surface area contributed by atoms with Crippen molar-refractivity contribution in [3.05, 3.63) is 71.5 Å². The number of aryl methyl sites for hydroxylation is 1. The second-order valence-corrected chi connectivity index (χ2v) is 11.9. The lowest BCUT2D eigenvalue weighted by atomic mass is 9.93. The Morgan fingerprint density at radius 2 is 1.77 bits per heavy atom. The normalized spacial score (nSPS) is 15.6. The third-order valence-corrected chi connectivity index (χ3v) is 6.26. The molecule has 0 fully saturated rings. The van der Waals surface area contributed by atoms with Crippen molar-refractivity contribution in [2.75, 3.05) is 15.5 Å². The first-order valence-electron chi connectivity index (χ1n) is 13.3. The molecule has 1 aromatic heterocycles. The van der Waals surface area contributed by atoms with Crippen molar-refractivity contribution in [3.8, 4) is 0 Å². The fourth-order valence-electron chi connectivity index (χ4n) is 4.36. The first kappa shape index (κ1) is 28.7. The van der Waals surface area contributed by atoms with Gasteiger partial charge in [0.2, 0.25) is 5.91 Å². The van der Waals surface area contributed by atoms with Gasteiger partial charge in [-0.2, -0.15) is 0 Å². The van der Waals surface area contributed by atoms with Crippen LogP contribution in [0.15, 0.2) is 59.1 Å². The summed E-state index contributed by atoms with van der Waals surface area (Å²) in [4.78, 5) is 40.6. The molecule has 1 atom stereocenters. The van der Waals surface area contributed by atoms with E-state index in [4.69, 9.17) is 9.26 Å². The summed E-state index contributed by atoms with van der Waals surface area (Å²) in [6, 6.07) is 15.3. The summed E-state index contributed by atoms with van der Waals surface area (Å²) in [6.45, 7) is 11.6. The molecule has 4 amide bonds. The quantitative estimate of drug-likeness (QED) is 0.360. The summed E-state index contributed by atoms with van der Waals surface area (Å²) in [6.07, 6.45) is 0.492. The SMILES string of the molecule is CC(C)(C)OC(=O)Nc1cccc(CN2C(=O)C(NC(=O)Nc3cc(C(C)(C)C)on3)CCc3ccccc32)c1. The minimum atomic E-state index is -0.760. The lowest BCUT2D eigenvalue weighted by Crippen LogP contribution is -2.49. The number of hydrogen-bond acceptors (Lipinski definition) is 6. The molecule has 10 nitrogen and oxygen atoms in total. The van der Waals surface area contributed by atoms with Gasteiger partial charge in [0.1, 0.15) is 17.4 Å². The standard InChI is InChI=1S/C30H37N5O5/c1-29(2,3)24-17-25(34-40-24)33-27(37)32-22-15-14-20-11-7-8-13-23(20)35(26(22)36)18-19-10-9-12-21(16-19)31-28(38)39-30(4,5)6/h7-13,16-17,22H,14-15,18H2,1-6H3,(H,31,38)(H2,32,33,34,37). The molecular weight excluding hydrogens is 510 g/mol. The molecule has 1 aliphatic rings. The molecule has 212 valence electrons. The predicted octanol–water partition coefficient (Wildman–Crippen LogP) is 5.99. The van der Waals surface area contributed by atoms with Crippen LogP contribution in [-0.4, -0.2) is 34.8 Å². The molecule has 3 aromatic rings. The zero-order valence-electron chi connectivity index (χ0n) is 23.8. The Hall–Kier alpha value is -4.34. The molecule has 1 unspecified atom stereocenters. The Morgan fingerprint density at radius 1 is 1.02 bits per heavy atom. The average Bonchev–Trinajstić information content (AvgIpc) is 3.28. The average molecular weight is 548 g/mol. The van der Waals surface area contributed by atoms with E-state index in [-0.39, 0.29) is 23.7 Å². The van der Waals surface area contributed by atoms with Gasteiger partial charge in [0.05, 0.1) is 6.54 Å². The van der Waals surface area contributed by atoms with Gasteiger partial charge in [-0.25, -0.2) is 9.59 Å². The number of nitrogens with one attached hydrogen (secondary N) is 3. The number of hydrogen-bond donors (Lipinski definition) is 3. The molecule has 0 saturated carbocycles. The minimum Gasteiger partial charge on any atom is -0.444 e. The molecule has 0 saturated heterocycles. The summed E-state index contributed by atoms with van der Waals surface area (Å²) in [5.74, 6) is 0.678. The van der Waals surface area contributed by atoms with Crippen LogP contribution in [-0.2, 0) is 27.9 Å². The number of anilines is 3. The van der Waals surface area contributed by atoms with E-state index in [0.717, 1.165) is 16.8 Å². The van der Waals surface area contributed by atoms with Crippen molar-refractivity contribution in [3.63, 3.8) is 0 Å². The van der Waals surface area contributed by atoms with Crippen LogP contribution < -0.4 is 20.9 Å². The van der Waals surface area contributed by atoms with Gasteiger partial charge in [-0.1, -0.05) is 56.3 Å². The maximum atomic E-state index is 13.8. The molecule has 10 heteroatoms. The number of carbonyl (C=O) groups excluding carboxylic acids is 3. The van der Waals surface area contributed by atoms with Gasteiger partial charge in [-0.3, -0.25) is 15.4 Å². The Morgan fingerprint density at radius 3 is 2.48 bits per heavy atom. The van der Waals surface area contributed by atoms with E-state index in [1.807, 2.05) is 57.2 Å². The minimum absolute atomic E-state index is 0.235. The molecule has 1 aliphatic heterocycles. The highest BCUT2D eigenvalue weighted by Crippen LogP contribution is 2.29. The van der Waals surface area contributed by atoms with Gasteiger partial charge in [0, 0.05) is 22.9 Å². The highest BCUT2D eigenvalue weighted by atomic mass is 16.6. The van der Waals surface area contributed by atoms with Crippen LogP contribution in [0.4, 0.5) is 26.8 Å². The summed E-state index contributed by atoms with van der Waals surface area (Å²) in [5.41, 5.74) is 2.27. The Labute approximate surface area is 234 Å². The summed E-state index contributed by atoms with van der Waals surface area (Å²) >= 11 is 0.